The van der Waals surface area contributed by atoms with Gasteiger partial charge in [0.15, 0.2) is 6.29 Å². The summed E-state index contributed by atoms with van der Waals surface area (Å²) < 4.78 is 11.5. The van der Waals surface area contributed by atoms with E-state index < -0.39 is 23.4 Å². The second-order valence-corrected chi connectivity index (χ2v) is 4.97. The summed E-state index contributed by atoms with van der Waals surface area (Å²) in [6.45, 7) is -0.278. The number of nitrogens with zero attached hydrogens (tertiary/aromatic N) is 1. The van der Waals surface area contributed by atoms with Gasteiger partial charge >= 0.3 is 0 Å². The van der Waals surface area contributed by atoms with Gasteiger partial charge in [0.05, 0.1) is 17.1 Å². The second kappa shape index (κ2) is 6.23. The average molecular weight is 301 g/mol. The van der Waals surface area contributed by atoms with Crippen molar-refractivity contribution in [2.75, 3.05) is 6.61 Å². The second-order valence-electron chi connectivity index (χ2n) is 4.97. The molecule has 0 aromatic heterocycles. The third kappa shape index (κ3) is 2.71. The lowest BCUT2D eigenvalue weighted by Gasteiger charge is -2.14. The Morgan fingerprint density at radius 1 is 1.05 bits per heavy atom. The molecule has 3 atom stereocenters. The minimum absolute atomic E-state index is 0.0386. The van der Waals surface area contributed by atoms with Crippen LogP contribution in [0.2, 0.25) is 0 Å². The Hall–Kier alpha value is -2.28. The fraction of sp³-hybridized carbons (Fsp3) is 0.250. The highest BCUT2D eigenvalue weighted by molar-refractivity contribution is 5.42. The van der Waals surface area contributed by atoms with Gasteiger partial charge in [-0.15, -0.1) is 0 Å². The number of para-hydroxylation sites is 1. The molecule has 1 aliphatic heterocycles. The van der Waals surface area contributed by atoms with E-state index in [0.29, 0.717) is 5.56 Å². The molecule has 2 aromatic rings. The maximum absolute atomic E-state index is 11.2. The first kappa shape index (κ1) is 14.6. The molecule has 2 aromatic carbocycles. The maximum Gasteiger partial charge on any atom is 0.275 e. The first-order chi connectivity index (χ1) is 10.7. The summed E-state index contributed by atoms with van der Waals surface area (Å²) in [7, 11) is 0. The smallest absolute Gasteiger partial charge is 0.275 e. The van der Waals surface area contributed by atoms with Gasteiger partial charge < -0.3 is 14.6 Å². The summed E-state index contributed by atoms with van der Waals surface area (Å²) in [6.07, 6.45) is -1.98. The Labute approximate surface area is 127 Å². The molecule has 0 radical (unpaired) electrons. The van der Waals surface area contributed by atoms with E-state index in [4.69, 9.17) is 9.47 Å². The highest BCUT2D eigenvalue weighted by Crippen LogP contribution is 2.42. The predicted octanol–water partition coefficient (Wildman–Crippen LogP) is 2.74. The highest BCUT2D eigenvalue weighted by Gasteiger charge is 2.40. The van der Waals surface area contributed by atoms with Gasteiger partial charge in [0, 0.05) is 11.6 Å². The summed E-state index contributed by atoms with van der Waals surface area (Å²) in [5, 5.41) is 20.7. The van der Waals surface area contributed by atoms with E-state index in [1.54, 1.807) is 18.2 Å². The van der Waals surface area contributed by atoms with E-state index in [9.17, 15) is 15.2 Å². The van der Waals surface area contributed by atoms with Gasteiger partial charge in [-0.3, -0.25) is 10.1 Å². The molecule has 114 valence electrons. The van der Waals surface area contributed by atoms with E-state index in [0.717, 1.165) is 5.56 Å². The number of nitro benzene ring substituents is 1. The van der Waals surface area contributed by atoms with Crippen LogP contribution < -0.4 is 0 Å². The fourth-order valence-electron chi connectivity index (χ4n) is 2.56. The molecule has 6 heteroatoms. The minimum Gasteiger partial charge on any atom is -0.394 e. The molecule has 0 amide bonds. The van der Waals surface area contributed by atoms with Crippen molar-refractivity contribution in [1.82, 2.24) is 0 Å². The predicted molar refractivity (Wildman–Crippen MR) is 78.1 cm³/mol. The van der Waals surface area contributed by atoms with Crippen LogP contribution in [0.4, 0.5) is 5.69 Å². The molecule has 1 heterocycles. The van der Waals surface area contributed by atoms with Crippen LogP contribution in [0.15, 0.2) is 54.6 Å². The van der Waals surface area contributed by atoms with Crippen LogP contribution in [0, 0.1) is 10.1 Å². The molecule has 3 rings (SSSR count). The van der Waals surface area contributed by atoms with Crippen LogP contribution in [0.25, 0.3) is 0 Å². The number of benzene rings is 2. The zero-order valence-corrected chi connectivity index (χ0v) is 11.7. The van der Waals surface area contributed by atoms with Crippen LogP contribution in [-0.4, -0.2) is 22.7 Å². The number of ether oxygens (including phenoxy) is 2. The SMILES string of the molecule is O=[N+]([O-])c1ccccc1C1OC(c2ccccc2)OC1CO. The molecule has 6 nitrogen and oxygen atoms in total. The van der Waals surface area contributed by atoms with Gasteiger partial charge in [-0.05, 0) is 6.07 Å². The van der Waals surface area contributed by atoms with Crippen LogP contribution in [0.3, 0.4) is 0 Å². The van der Waals surface area contributed by atoms with Crippen molar-refractivity contribution >= 4 is 5.69 Å². The third-order valence-electron chi connectivity index (χ3n) is 3.60. The van der Waals surface area contributed by atoms with Crippen molar-refractivity contribution in [3.63, 3.8) is 0 Å². The van der Waals surface area contributed by atoms with Gasteiger partial charge in [-0.25, -0.2) is 0 Å². The highest BCUT2D eigenvalue weighted by atomic mass is 16.7. The number of hydrogen-bond donors (Lipinski definition) is 1. The zero-order valence-electron chi connectivity index (χ0n) is 11.7. The Morgan fingerprint density at radius 2 is 1.73 bits per heavy atom. The number of rotatable bonds is 4. The lowest BCUT2D eigenvalue weighted by molar-refractivity contribution is -0.386. The molecular weight excluding hydrogens is 286 g/mol. The van der Waals surface area contributed by atoms with Crippen molar-refractivity contribution in [3.05, 3.63) is 75.8 Å². The molecule has 0 aliphatic carbocycles. The quantitative estimate of drug-likeness (QED) is 0.693. The number of hydrogen-bond acceptors (Lipinski definition) is 5. The minimum atomic E-state index is -0.684. The maximum atomic E-state index is 11.2. The van der Waals surface area contributed by atoms with Gasteiger partial charge in [0.2, 0.25) is 0 Å². The molecule has 0 saturated carbocycles. The molecule has 1 N–H and O–H groups in total. The molecule has 1 aliphatic rings. The Bertz CT molecular complexity index is 661. The first-order valence-corrected chi connectivity index (χ1v) is 6.90. The molecule has 3 unspecified atom stereocenters. The molecule has 22 heavy (non-hydrogen) atoms. The number of nitro groups is 1. The van der Waals surface area contributed by atoms with Crippen LogP contribution in [-0.2, 0) is 9.47 Å². The lowest BCUT2D eigenvalue weighted by atomic mass is 10.0. The Morgan fingerprint density at radius 3 is 2.41 bits per heavy atom. The summed E-state index contributed by atoms with van der Waals surface area (Å²) in [5.41, 5.74) is 1.18. The van der Waals surface area contributed by atoms with Gasteiger partial charge in [-0.2, -0.15) is 0 Å². The van der Waals surface area contributed by atoms with E-state index in [2.05, 4.69) is 0 Å². The average Bonchev–Trinajstić information content (AvgIpc) is 3.00. The third-order valence-corrected chi connectivity index (χ3v) is 3.60. The summed E-state index contributed by atoms with van der Waals surface area (Å²) in [5.74, 6) is 0. The van der Waals surface area contributed by atoms with Crippen LogP contribution >= 0.6 is 0 Å². The summed E-state index contributed by atoms with van der Waals surface area (Å²) in [4.78, 5) is 10.7. The van der Waals surface area contributed by atoms with E-state index in [-0.39, 0.29) is 12.3 Å². The number of aliphatic hydroxyl groups excluding tert-OH is 1. The monoisotopic (exact) mass is 301 g/mol. The standard InChI is InChI=1S/C16H15NO5/c18-10-14-15(12-8-4-5-9-13(12)17(19)20)22-16(21-14)11-6-2-1-3-7-11/h1-9,14-16,18H,10H2. The number of aliphatic hydroxyl groups is 1. The largest absolute Gasteiger partial charge is 0.394 e. The normalized spacial score (nSPS) is 24.3. The molecule has 1 fully saturated rings. The molecule has 1 saturated heterocycles. The topological polar surface area (TPSA) is 81.8 Å². The van der Waals surface area contributed by atoms with Crippen molar-refractivity contribution in [2.45, 2.75) is 18.5 Å². The molecular formula is C16H15NO5. The van der Waals surface area contributed by atoms with Crippen molar-refractivity contribution in [3.8, 4) is 0 Å². The van der Waals surface area contributed by atoms with Gasteiger partial charge in [-0.1, -0.05) is 42.5 Å². The van der Waals surface area contributed by atoms with Crippen molar-refractivity contribution < 1.29 is 19.5 Å². The summed E-state index contributed by atoms with van der Waals surface area (Å²) >= 11 is 0. The van der Waals surface area contributed by atoms with Gasteiger partial charge in [0.1, 0.15) is 12.2 Å². The fourth-order valence-corrected chi connectivity index (χ4v) is 2.56. The Balaban J connectivity index is 1.92. The van der Waals surface area contributed by atoms with Crippen molar-refractivity contribution in [2.24, 2.45) is 0 Å². The van der Waals surface area contributed by atoms with E-state index >= 15 is 0 Å². The van der Waals surface area contributed by atoms with Crippen LogP contribution in [0.1, 0.15) is 23.5 Å². The summed E-state index contributed by atoms with van der Waals surface area (Å²) in [6, 6.07) is 15.6. The van der Waals surface area contributed by atoms with Crippen LogP contribution in [0.5, 0.6) is 0 Å². The van der Waals surface area contributed by atoms with Crippen molar-refractivity contribution in [1.29, 1.82) is 0 Å². The molecule has 0 bridgehead atoms. The zero-order chi connectivity index (χ0) is 15.5. The van der Waals surface area contributed by atoms with E-state index in [1.165, 1.54) is 6.07 Å². The van der Waals surface area contributed by atoms with Gasteiger partial charge in [0.25, 0.3) is 5.69 Å². The first-order valence-electron chi connectivity index (χ1n) is 6.90. The lowest BCUT2D eigenvalue weighted by Crippen LogP contribution is -2.20. The van der Waals surface area contributed by atoms with E-state index in [1.807, 2.05) is 30.3 Å². The Kier molecular flexibility index (Phi) is 4.15. The molecule has 0 spiro atoms.